The maximum atomic E-state index is 13.1. The number of carbonyl (C=O) groups excluding carboxylic acids is 1. The summed E-state index contributed by atoms with van der Waals surface area (Å²) < 4.78 is 26.9. The number of hydrazine groups is 1. The first-order valence-corrected chi connectivity index (χ1v) is 9.54. The SMILES string of the molecule is NNC(=O)CN(c1ccc(Cl)cc1Cl)S(=O)(=O)c1cc(Cl)ccc1Cl. The number of benzene rings is 2. The van der Waals surface area contributed by atoms with E-state index < -0.39 is 22.5 Å². The minimum Gasteiger partial charge on any atom is -0.293 e. The molecule has 2 rings (SSSR count). The van der Waals surface area contributed by atoms with Gasteiger partial charge in [0.25, 0.3) is 15.9 Å². The number of amides is 1. The summed E-state index contributed by atoms with van der Waals surface area (Å²) in [6, 6.07) is 8.10. The number of hydrogen-bond donors (Lipinski definition) is 2. The Morgan fingerprint density at radius 3 is 2.20 bits per heavy atom. The molecule has 0 unspecified atom stereocenters. The van der Waals surface area contributed by atoms with Gasteiger partial charge in [0.15, 0.2) is 0 Å². The third kappa shape index (κ3) is 4.49. The maximum Gasteiger partial charge on any atom is 0.266 e. The largest absolute Gasteiger partial charge is 0.293 e. The molecule has 134 valence electrons. The molecule has 0 saturated carbocycles. The first-order chi connectivity index (χ1) is 11.7. The number of anilines is 1. The zero-order chi connectivity index (χ0) is 18.8. The van der Waals surface area contributed by atoms with Crippen LogP contribution in [-0.2, 0) is 14.8 Å². The number of sulfonamides is 1. The van der Waals surface area contributed by atoms with Crippen molar-refractivity contribution in [3.63, 3.8) is 0 Å². The molecular formula is C14H11Cl4N3O3S. The summed E-state index contributed by atoms with van der Waals surface area (Å²) in [5, 5.41) is 0.426. The van der Waals surface area contributed by atoms with Gasteiger partial charge in [0.1, 0.15) is 11.4 Å². The first kappa shape index (κ1) is 20.1. The van der Waals surface area contributed by atoms with Crippen LogP contribution in [0.15, 0.2) is 41.3 Å². The highest BCUT2D eigenvalue weighted by atomic mass is 35.5. The normalized spacial score (nSPS) is 11.2. The van der Waals surface area contributed by atoms with Gasteiger partial charge in [0.05, 0.1) is 15.7 Å². The molecule has 6 nitrogen and oxygen atoms in total. The van der Waals surface area contributed by atoms with E-state index in [0.717, 1.165) is 4.31 Å². The fourth-order valence-electron chi connectivity index (χ4n) is 1.95. The Balaban J connectivity index is 2.65. The van der Waals surface area contributed by atoms with Crippen LogP contribution in [0.4, 0.5) is 5.69 Å². The molecule has 0 radical (unpaired) electrons. The molecule has 0 fully saturated rings. The number of halogens is 4. The summed E-state index contributed by atoms with van der Waals surface area (Å²) in [6.45, 7) is -0.622. The van der Waals surface area contributed by atoms with Crippen LogP contribution in [0, 0.1) is 0 Å². The van der Waals surface area contributed by atoms with Gasteiger partial charge in [-0.1, -0.05) is 46.4 Å². The topological polar surface area (TPSA) is 92.5 Å². The molecule has 25 heavy (non-hydrogen) atoms. The lowest BCUT2D eigenvalue weighted by Gasteiger charge is -2.25. The van der Waals surface area contributed by atoms with Crippen molar-refractivity contribution in [2.75, 3.05) is 10.8 Å². The van der Waals surface area contributed by atoms with Crippen molar-refractivity contribution in [1.29, 1.82) is 0 Å². The fourth-order valence-corrected chi connectivity index (χ4v) is 4.69. The van der Waals surface area contributed by atoms with Gasteiger partial charge < -0.3 is 0 Å². The minimum absolute atomic E-state index is 0.0269. The third-order valence-electron chi connectivity index (χ3n) is 3.09. The molecule has 0 spiro atoms. The lowest BCUT2D eigenvalue weighted by atomic mass is 10.3. The average molecular weight is 443 g/mol. The number of nitrogens with one attached hydrogen (secondary N) is 1. The van der Waals surface area contributed by atoms with Gasteiger partial charge in [-0.15, -0.1) is 0 Å². The number of rotatable bonds is 5. The predicted octanol–water partition coefficient (Wildman–Crippen LogP) is 3.49. The molecule has 0 aromatic heterocycles. The van der Waals surface area contributed by atoms with E-state index in [1.807, 2.05) is 5.43 Å². The Kier molecular flexibility index (Phi) is 6.42. The van der Waals surface area contributed by atoms with Crippen LogP contribution in [0.3, 0.4) is 0 Å². The van der Waals surface area contributed by atoms with E-state index in [4.69, 9.17) is 52.2 Å². The summed E-state index contributed by atoms with van der Waals surface area (Å²) in [5.74, 6) is 4.32. The number of nitrogens with two attached hydrogens (primary N) is 1. The minimum atomic E-state index is -4.27. The molecule has 1 amide bonds. The molecule has 2 aromatic rings. The van der Waals surface area contributed by atoms with Gasteiger partial charge in [-0.05, 0) is 36.4 Å². The molecule has 2 aromatic carbocycles. The highest BCUT2D eigenvalue weighted by Crippen LogP contribution is 2.35. The van der Waals surface area contributed by atoms with Crippen LogP contribution < -0.4 is 15.6 Å². The lowest BCUT2D eigenvalue weighted by Crippen LogP contribution is -2.43. The Bertz CT molecular complexity index is 922. The molecule has 3 N–H and O–H groups in total. The van der Waals surface area contributed by atoms with Crippen molar-refractivity contribution in [2.45, 2.75) is 4.90 Å². The van der Waals surface area contributed by atoms with Crippen molar-refractivity contribution in [2.24, 2.45) is 5.84 Å². The number of nitrogens with zero attached hydrogens (tertiary/aromatic N) is 1. The Labute approximate surface area is 164 Å². The Hall–Kier alpha value is -1.22. The summed E-state index contributed by atoms with van der Waals surface area (Å²) in [5.41, 5.74) is 1.91. The zero-order valence-electron chi connectivity index (χ0n) is 12.3. The van der Waals surface area contributed by atoms with E-state index in [1.54, 1.807) is 0 Å². The molecule has 0 aliphatic heterocycles. The molecule has 0 aliphatic rings. The van der Waals surface area contributed by atoms with E-state index in [0.29, 0.717) is 5.02 Å². The summed E-state index contributed by atoms with van der Waals surface area (Å²) in [6.07, 6.45) is 0. The molecule has 0 saturated heterocycles. The quantitative estimate of drug-likeness (QED) is 0.421. The van der Waals surface area contributed by atoms with E-state index in [-0.39, 0.29) is 25.7 Å². The fraction of sp³-hybridized carbons (Fsp3) is 0.0714. The van der Waals surface area contributed by atoms with Gasteiger partial charge in [-0.3, -0.25) is 14.5 Å². The van der Waals surface area contributed by atoms with Crippen molar-refractivity contribution in [1.82, 2.24) is 5.43 Å². The monoisotopic (exact) mass is 441 g/mol. The smallest absolute Gasteiger partial charge is 0.266 e. The second-order valence-electron chi connectivity index (χ2n) is 4.75. The first-order valence-electron chi connectivity index (χ1n) is 6.59. The summed E-state index contributed by atoms with van der Waals surface area (Å²) >= 11 is 23.8. The highest BCUT2D eigenvalue weighted by Gasteiger charge is 2.30. The van der Waals surface area contributed by atoms with Crippen molar-refractivity contribution in [3.8, 4) is 0 Å². The van der Waals surface area contributed by atoms with Crippen LogP contribution in [0.5, 0.6) is 0 Å². The molecule has 11 heteroatoms. The number of carbonyl (C=O) groups is 1. The van der Waals surface area contributed by atoms with Gasteiger partial charge in [0, 0.05) is 10.0 Å². The van der Waals surface area contributed by atoms with Gasteiger partial charge in [0.2, 0.25) is 0 Å². The van der Waals surface area contributed by atoms with Gasteiger partial charge in [-0.2, -0.15) is 0 Å². The van der Waals surface area contributed by atoms with Crippen molar-refractivity contribution >= 4 is 68.0 Å². The second-order valence-corrected chi connectivity index (χ2v) is 8.27. The van der Waals surface area contributed by atoms with Crippen LogP contribution in [-0.4, -0.2) is 20.9 Å². The third-order valence-corrected chi connectivity index (χ3v) is 6.10. The molecule has 0 atom stereocenters. The molecule has 0 bridgehead atoms. The standard InChI is InChI=1S/C14H11Cl4N3O3S/c15-8-2-4-12(11(18)5-8)21(7-14(22)20-19)25(23,24)13-6-9(16)1-3-10(13)17/h1-6H,7,19H2,(H,20,22). The van der Waals surface area contributed by atoms with E-state index in [2.05, 4.69) is 0 Å². The van der Waals surface area contributed by atoms with Gasteiger partial charge in [-0.25, -0.2) is 14.3 Å². The van der Waals surface area contributed by atoms with Crippen molar-refractivity contribution < 1.29 is 13.2 Å². The number of hydrogen-bond acceptors (Lipinski definition) is 4. The summed E-state index contributed by atoms with van der Waals surface area (Å²) in [4.78, 5) is 11.5. The Morgan fingerprint density at radius 2 is 1.60 bits per heavy atom. The second kappa shape index (κ2) is 7.99. The summed E-state index contributed by atoms with van der Waals surface area (Å²) in [7, 11) is -4.27. The zero-order valence-corrected chi connectivity index (χ0v) is 16.2. The average Bonchev–Trinajstić information content (AvgIpc) is 2.55. The van der Waals surface area contributed by atoms with E-state index in [9.17, 15) is 13.2 Å². The maximum absolute atomic E-state index is 13.1. The van der Waals surface area contributed by atoms with Gasteiger partial charge >= 0.3 is 0 Å². The molecule has 0 heterocycles. The van der Waals surface area contributed by atoms with Crippen LogP contribution in [0.2, 0.25) is 20.1 Å². The van der Waals surface area contributed by atoms with E-state index in [1.165, 1.54) is 36.4 Å². The van der Waals surface area contributed by atoms with Crippen LogP contribution >= 0.6 is 46.4 Å². The lowest BCUT2D eigenvalue weighted by molar-refractivity contribution is -0.119. The predicted molar refractivity (Wildman–Crippen MR) is 99.8 cm³/mol. The van der Waals surface area contributed by atoms with Crippen LogP contribution in [0.25, 0.3) is 0 Å². The van der Waals surface area contributed by atoms with E-state index >= 15 is 0 Å². The molecular weight excluding hydrogens is 432 g/mol. The molecule has 0 aliphatic carbocycles. The van der Waals surface area contributed by atoms with Crippen LogP contribution in [0.1, 0.15) is 0 Å². The Morgan fingerprint density at radius 1 is 1.00 bits per heavy atom. The van der Waals surface area contributed by atoms with Crippen molar-refractivity contribution in [3.05, 3.63) is 56.5 Å². The highest BCUT2D eigenvalue weighted by molar-refractivity contribution is 7.93.